The second-order valence-electron chi connectivity index (χ2n) is 5.78. The minimum absolute atomic E-state index is 0.0139. The Hall–Kier alpha value is -1.32. The first kappa shape index (κ1) is 15.7. The van der Waals surface area contributed by atoms with Crippen molar-refractivity contribution in [1.82, 2.24) is 10.2 Å². The minimum Gasteiger partial charge on any atom is -0.342 e. The molecule has 108 valence electrons. The minimum atomic E-state index is -0.408. The zero-order valence-corrected chi connectivity index (χ0v) is 12.6. The Morgan fingerprint density at radius 3 is 2.32 bits per heavy atom. The van der Waals surface area contributed by atoms with Gasteiger partial charge in [0.15, 0.2) is 0 Å². The molecule has 0 bridgehead atoms. The molecule has 4 heteroatoms. The van der Waals surface area contributed by atoms with Crippen LogP contribution >= 0.6 is 0 Å². The van der Waals surface area contributed by atoms with Crippen molar-refractivity contribution in [2.75, 3.05) is 0 Å². The van der Waals surface area contributed by atoms with E-state index >= 15 is 0 Å². The summed E-state index contributed by atoms with van der Waals surface area (Å²) in [7, 11) is 0. The molecule has 0 radical (unpaired) electrons. The van der Waals surface area contributed by atoms with Gasteiger partial charge >= 0.3 is 0 Å². The molecular formula is C15H26N2O2. The second-order valence-corrected chi connectivity index (χ2v) is 5.78. The van der Waals surface area contributed by atoms with E-state index in [4.69, 9.17) is 0 Å². The van der Waals surface area contributed by atoms with Crippen molar-refractivity contribution >= 4 is 11.8 Å². The smallest absolute Gasteiger partial charge is 0.246 e. The SMILES string of the molecule is C=CC(C)N1C(=O)C(C(C)CC)NC(=O)C1C(C)C. The van der Waals surface area contributed by atoms with Crippen LogP contribution in [0.15, 0.2) is 12.7 Å². The molecule has 4 unspecified atom stereocenters. The fourth-order valence-corrected chi connectivity index (χ4v) is 2.54. The summed E-state index contributed by atoms with van der Waals surface area (Å²) in [5.74, 6) is 0.196. The van der Waals surface area contributed by atoms with E-state index < -0.39 is 12.1 Å². The maximum atomic E-state index is 12.7. The van der Waals surface area contributed by atoms with Gasteiger partial charge in [-0.05, 0) is 18.8 Å². The Morgan fingerprint density at radius 2 is 1.89 bits per heavy atom. The van der Waals surface area contributed by atoms with Crippen LogP contribution < -0.4 is 5.32 Å². The molecule has 0 aromatic heterocycles. The van der Waals surface area contributed by atoms with E-state index in [1.165, 1.54) is 0 Å². The molecule has 1 saturated heterocycles. The van der Waals surface area contributed by atoms with E-state index in [1.54, 1.807) is 11.0 Å². The lowest BCUT2D eigenvalue weighted by atomic mass is 9.90. The van der Waals surface area contributed by atoms with E-state index in [-0.39, 0.29) is 29.7 Å². The number of hydrogen-bond acceptors (Lipinski definition) is 2. The summed E-state index contributed by atoms with van der Waals surface area (Å²) in [4.78, 5) is 26.7. The number of rotatable bonds is 5. The Balaban J connectivity index is 3.12. The summed E-state index contributed by atoms with van der Waals surface area (Å²) in [6, 6.07) is -0.937. The second kappa shape index (κ2) is 6.22. The van der Waals surface area contributed by atoms with E-state index in [2.05, 4.69) is 11.9 Å². The first-order valence-electron chi connectivity index (χ1n) is 7.10. The molecule has 0 spiro atoms. The average Bonchev–Trinajstić information content (AvgIpc) is 2.38. The fraction of sp³-hybridized carbons (Fsp3) is 0.733. The van der Waals surface area contributed by atoms with Gasteiger partial charge in [-0.3, -0.25) is 9.59 Å². The molecule has 0 aromatic rings. The molecular weight excluding hydrogens is 240 g/mol. The lowest BCUT2D eigenvalue weighted by molar-refractivity contribution is -0.154. The fourth-order valence-electron chi connectivity index (χ4n) is 2.54. The highest BCUT2D eigenvalue weighted by Gasteiger charge is 2.44. The lowest BCUT2D eigenvalue weighted by Gasteiger charge is -2.44. The van der Waals surface area contributed by atoms with Crippen LogP contribution in [0.2, 0.25) is 0 Å². The maximum Gasteiger partial charge on any atom is 0.246 e. The molecule has 1 fully saturated rings. The van der Waals surface area contributed by atoms with Gasteiger partial charge in [-0.25, -0.2) is 0 Å². The number of piperazine rings is 1. The number of carbonyl (C=O) groups excluding carboxylic acids is 2. The molecule has 4 nitrogen and oxygen atoms in total. The van der Waals surface area contributed by atoms with Crippen molar-refractivity contribution in [2.45, 2.75) is 59.2 Å². The highest BCUT2D eigenvalue weighted by molar-refractivity contribution is 5.97. The molecule has 0 saturated carbocycles. The molecule has 1 heterocycles. The summed E-state index contributed by atoms with van der Waals surface area (Å²) < 4.78 is 0. The van der Waals surface area contributed by atoms with Crippen molar-refractivity contribution in [2.24, 2.45) is 11.8 Å². The molecule has 1 aliphatic heterocycles. The third-order valence-corrected chi connectivity index (χ3v) is 4.01. The predicted molar refractivity (Wildman–Crippen MR) is 76.5 cm³/mol. The Kier molecular flexibility index (Phi) is 5.15. The van der Waals surface area contributed by atoms with Crippen LogP contribution in [0.3, 0.4) is 0 Å². The number of carbonyl (C=O) groups is 2. The van der Waals surface area contributed by atoms with Crippen LogP contribution in [0, 0.1) is 11.8 Å². The maximum absolute atomic E-state index is 12.7. The predicted octanol–water partition coefficient (Wildman–Crippen LogP) is 1.96. The summed E-state index contributed by atoms with van der Waals surface area (Å²) in [5, 5.41) is 2.89. The van der Waals surface area contributed by atoms with E-state index in [1.807, 2.05) is 34.6 Å². The Bertz CT molecular complexity index is 365. The van der Waals surface area contributed by atoms with E-state index in [0.717, 1.165) is 6.42 Å². The highest BCUT2D eigenvalue weighted by atomic mass is 16.2. The summed E-state index contributed by atoms with van der Waals surface area (Å²) in [5.41, 5.74) is 0. The van der Waals surface area contributed by atoms with Crippen LogP contribution in [-0.4, -0.2) is 34.8 Å². The van der Waals surface area contributed by atoms with Gasteiger partial charge < -0.3 is 10.2 Å². The van der Waals surface area contributed by atoms with Crippen LogP contribution in [0.1, 0.15) is 41.0 Å². The Labute approximate surface area is 116 Å². The Morgan fingerprint density at radius 1 is 1.32 bits per heavy atom. The van der Waals surface area contributed by atoms with Crippen molar-refractivity contribution in [3.05, 3.63) is 12.7 Å². The van der Waals surface area contributed by atoms with Gasteiger partial charge in [-0.2, -0.15) is 0 Å². The first-order valence-corrected chi connectivity index (χ1v) is 7.10. The average molecular weight is 266 g/mol. The highest BCUT2D eigenvalue weighted by Crippen LogP contribution is 2.24. The van der Waals surface area contributed by atoms with Gasteiger partial charge in [0.05, 0.1) is 0 Å². The lowest BCUT2D eigenvalue weighted by Crippen LogP contribution is -2.67. The van der Waals surface area contributed by atoms with E-state index in [0.29, 0.717) is 0 Å². The third kappa shape index (κ3) is 2.99. The van der Waals surface area contributed by atoms with Crippen molar-refractivity contribution in [3.63, 3.8) is 0 Å². The van der Waals surface area contributed by atoms with Crippen molar-refractivity contribution in [3.8, 4) is 0 Å². The molecule has 1 aliphatic rings. The number of nitrogens with zero attached hydrogens (tertiary/aromatic N) is 1. The summed E-state index contributed by atoms with van der Waals surface area (Å²) in [6.07, 6.45) is 2.58. The largest absolute Gasteiger partial charge is 0.342 e. The molecule has 1 N–H and O–H groups in total. The van der Waals surface area contributed by atoms with Crippen molar-refractivity contribution in [1.29, 1.82) is 0 Å². The quantitative estimate of drug-likeness (QED) is 0.773. The molecule has 1 rings (SSSR count). The number of amides is 2. The third-order valence-electron chi connectivity index (χ3n) is 4.01. The first-order chi connectivity index (χ1) is 8.84. The summed E-state index contributed by atoms with van der Waals surface area (Å²) >= 11 is 0. The van der Waals surface area contributed by atoms with Crippen molar-refractivity contribution < 1.29 is 9.59 Å². The van der Waals surface area contributed by atoms with Gasteiger partial charge in [0.25, 0.3) is 0 Å². The van der Waals surface area contributed by atoms with Crippen LogP contribution in [0.25, 0.3) is 0 Å². The van der Waals surface area contributed by atoms with Crippen LogP contribution in [0.4, 0.5) is 0 Å². The van der Waals surface area contributed by atoms with Gasteiger partial charge in [0.1, 0.15) is 12.1 Å². The van der Waals surface area contributed by atoms with Gasteiger partial charge in [-0.15, -0.1) is 6.58 Å². The zero-order chi connectivity index (χ0) is 14.7. The number of hydrogen-bond donors (Lipinski definition) is 1. The van der Waals surface area contributed by atoms with E-state index in [9.17, 15) is 9.59 Å². The molecule has 0 aromatic carbocycles. The monoisotopic (exact) mass is 266 g/mol. The zero-order valence-electron chi connectivity index (χ0n) is 12.6. The standard InChI is InChI=1S/C15H26N2O2/c1-7-10(5)12-15(19)17(11(6)8-2)13(9(3)4)14(18)16-12/h8-13H,2,7H2,1,3-6H3,(H,16,18). The normalized spacial score (nSPS) is 27.2. The van der Waals surface area contributed by atoms with Gasteiger partial charge in [-0.1, -0.05) is 40.2 Å². The molecule has 19 heavy (non-hydrogen) atoms. The molecule has 0 aliphatic carbocycles. The van der Waals surface area contributed by atoms with Gasteiger partial charge in [0.2, 0.25) is 11.8 Å². The topological polar surface area (TPSA) is 49.4 Å². The summed E-state index contributed by atoms with van der Waals surface area (Å²) in [6.45, 7) is 13.6. The number of nitrogens with one attached hydrogen (secondary N) is 1. The van der Waals surface area contributed by atoms with Crippen LogP contribution in [0.5, 0.6) is 0 Å². The van der Waals surface area contributed by atoms with Gasteiger partial charge in [0, 0.05) is 6.04 Å². The molecule has 4 atom stereocenters. The van der Waals surface area contributed by atoms with Crippen LogP contribution in [-0.2, 0) is 9.59 Å². The molecule has 2 amide bonds.